The zero-order valence-corrected chi connectivity index (χ0v) is 10.6. The van der Waals surface area contributed by atoms with E-state index in [-0.39, 0.29) is 25.7 Å². The molecule has 1 nitrogen and oxygen atoms in total. The first-order chi connectivity index (χ1) is 8.59. The molecule has 19 heavy (non-hydrogen) atoms. The zero-order valence-electron chi connectivity index (χ0n) is 10.6. The molecule has 7 heteroatoms. The van der Waals surface area contributed by atoms with E-state index in [4.69, 9.17) is 0 Å². The lowest BCUT2D eigenvalue weighted by Crippen LogP contribution is -2.64. The zero-order chi connectivity index (χ0) is 14.5. The number of piperidine rings is 1. The van der Waals surface area contributed by atoms with Crippen molar-refractivity contribution in [1.82, 2.24) is 4.90 Å². The molecule has 3 atom stereocenters. The molecule has 0 N–H and O–H groups in total. The number of hydrogen-bond acceptors (Lipinski definition) is 1. The molecule has 1 saturated heterocycles. The first kappa shape index (κ1) is 14.9. The summed E-state index contributed by atoms with van der Waals surface area (Å²) in [6.45, 7) is 0.301. The van der Waals surface area contributed by atoms with E-state index in [2.05, 4.69) is 0 Å². The molecule has 2 rings (SSSR count). The second-order valence-corrected chi connectivity index (χ2v) is 5.72. The maximum absolute atomic E-state index is 13.4. The van der Waals surface area contributed by atoms with Crippen LogP contribution in [0.5, 0.6) is 0 Å². The summed E-state index contributed by atoms with van der Waals surface area (Å²) >= 11 is 0. The Kier molecular flexibility index (Phi) is 3.56. The molecule has 2 fully saturated rings. The predicted octanol–water partition coefficient (Wildman–Crippen LogP) is 3.99. The van der Waals surface area contributed by atoms with Crippen LogP contribution in [0.2, 0.25) is 0 Å². The van der Waals surface area contributed by atoms with E-state index >= 15 is 0 Å². The van der Waals surface area contributed by atoms with Crippen molar-refractivity contribution < 1.29 is 26.3 Å². The molecule has 1 aliphatic heterocycles. The molecule has 0 aromatic carbocycles. The summed E-state index contributed by atoms with van der Waals surface area (Å²) in [6.07, 6.45) is -9.40. The lowest BCUT2D eigenvalue weighted by atomic mass is 9.60. The molecular formula is C12H17F6N. The Morgan fingerprint density at radius 2 is 1.58 bits per heavy atom. The highest BCUT2D eigenvalue weighted by atomic mass is 19.4. The van der Waals surface area contributed by atoms with Gasteiger partial charge in [0.2, 0.25) is 0 Å². The normalized spacial score (nSPS) is 38.1. The molecular weight excluding hydrogens is 272 g/mol. The third-order valence-electron chi connectivity index (χ3n) is 4.68. The third-order valence-corrected chi connectivity index (χ3v) is 4.68. The van der Waals surface area contributed by atoms with E-state index < -0.39 is 29.7 Å². The highest BCUT2D eigenvalue weighted by Crippen LogP contribution is 2.59. The molecule has 0 spiro atoms. The summed E-state index contributed by atoms with van der Waals surface area (Å²) in [5.41, 5.74) is -2.18. The summed E-state index contributed by atoms with van der Waals surface area (Å²) in [5, 5.41) is 0. The van der Waals surface area contributed by atoms with Gasteiger partial charge in [-0.2, -0.15) is 26.3 Å². The van der Waals surface area contributed by atoms with Crippen LogP contribution in [0.3, 0.4) is 0 Å². The Bertz CT molecular complexity index is 332. The lowest BCUT2D eigenvalue weighted by Gasteiger charge is -2.55. The molecule has 0 bridgehead atoms. The van der Waals surface area contributed by atoms with E-state index in [9.17, 15) is 26.3 Å². The van der Waals surface area contributed by atoms with Gasteiger partial charge in [0.1, 0.15) is 0 Å². The molecule has 1 aliphatic carbocycles. The van der Waals surface area contributed by atoms with Crippen LogP contribution in [0.4, 0.5) is 26.3 Å². The average Bonchev–Trinajstić information content (AvgIpc) is 2.26. The highest BCUT2D eigenvalue weighted by molar-refractivity contribution is 5.06. The minimum Gasteiger partial charge on any atom is -0.302 e. The first-order valence-electron chi connectivity index (χ1n) is 6.43. The van der Waals surface area contributed by atoms with Crippen molar-refractivity contribution in [3.05, 3.63) is 0 Å². The van der Waals surface area contributed by atoms with E-state index in [1.807, 2.05) is 0 Å². The van der Waals surface area contributed by atoms with E-state index in [1.165, 1.54) is 11.9 Å². The Morgan fingerprint density at radius 3 is 2.11 bits per heavy atom. The summed E-state index contributed by atoms with van der Waals surface area (Å²) in [6, 6.07) is -1.46. The number of alkyl halides is 6. The fourth-order valence-corrected chi connectivity index (χ4v) is 3.91. The maximum Gasteiger partial charge on any atom is 0.396 e. The minimum atomic E-state index is -4.57. The smallest absolute Gasteiger partial charge is 0.302 e. The van der Waals surface area contributed by atoms with Crippen molar-refractivity contribution in [2.45, 2.75) is 50.5 Å². The summed E-state index contributed by atoms with van der Waals surface area (Å²) in [4.78, 5) is 1.27. The van der Waals surface area contributed by atoms with Crippen molar-refractivity contribution >= 4 is 0 Å². The molecule has 0 radical (unpaired) electrons. The summed E-state index contributed by atoms with van der Waals surface area (Å²) in [7, 11) is 1.38. The Balaban J connectivity index is 2.44. The van der Waals surface area contributed by atoms with Gasteiger partial charge in [-0.05, 0) is 39.3 Å². The number of nitrogens with zero attached hydrogens (tertiary/aromatic N) is 1. The molecule has 3 unspecified atom stereocenters. The molecule has 0 amide bonds. The van der Waals surface area contributed by atoms with Gasteiger partial charge in [0.05, 0.1) is 11.3 Å². The van der Waals surface area contributed by atoms with Gasteiger partial charge >= 0.3 is 12.4 Å². The van der Waals surface area contributed by atoms with Crippen LogP contribution in [0.25, 0.3) is 0 Å². The summed E-state index contributed by atoms with van der Waals surface area (Å²) in [5.74, 6) is -1.87. The average molecular weight is 289 g/mol. The first-order valence-corrected chi connectivity index (χ1v) is 6.43. The SMILES string of the molecule is CN1CCCC2(C(F)(F)F)CCCC(C(F)(F)F)C12. The second-order valence-electron chi connectivity index (χ2n) is 5.72. The standard InChI is InChI=1S/C12H17F6N/c1-19-7-3-6-10(12(16,17)18)5-2-4-8(9(10)19)11(13,14)15/h8-9H,2-7H2,1H3. The van der Waals surface area contributed by atoms with Crippen LogP contribution in [-0.4, -0.2) is 36.9 Å². The summed E-state index contributed by atoms with van der Waals surface area (Å²) < 4.78 is 79.4. The van der Waals surface area contributed by atoms with Gasteiger partial charge in [0.25, 0.3) is 0 Å². The molecule has 112 valence electrons. The fourth-order valence-electron chi connectivity index (χ4n) is 3.91. The second kappa shape index (κ2) is 4.53. The van der Waals surface area contributed by atoms with Gasteiger partial charge in [-0.3, -0.25) is 0 Å². The van der Waals surface area contributed by atoms with Crippen LogP contribution in [0.15, 0.2) is 0 Å². The van der Waals surface area contributed by atoms with Gasteiger partial charge in [0.15, 0.2) is 0 Å². The van der Waals surface area contributed by atoms with Gasteiger partial charge in [0, 0.05) is 6.04 Å². The van der Waals surface area contributed by atoms with E-state index in [1.54, 1.807) is 0 Å². The Morgan fingerprint density at radius 1 is 1.00 bits per heavy atom. The Hall–Kier alpha value is -0.460. The molecule has 0 aromatic heterocycles. The number of hydrogen-bond donors (Lipinski definition) is 0. The number of likely N-dealkylation sites (tertiary alicyclic amines) is 1. The lowest BCUT2D eigenvalue weighted by molar-refractivity contribution is -0.299. The largest absolute Gasteiger partial charge is 0.396 e. The van der Waals surface area contributed by atoms with E-state index in [0.29, 0.717) is 13.0 Å². The van der Waals surface area contributed by atoms with Crippen molar-refractivity contribution in [2.24, 2.45) is 11.3 Å². The van der Waals surface area contributed by atoms with Crippen molar-refractivity contribution in [2.75, 3.05) is 13.6 Å². The molecule has 1 heterocycles. The Labute approximate surface area is 107 Å². The van der Waals surface area contributed by atoms with Gasteiger partial charge in [-0.15, -0.1) is 0 Å². The number of fused-ring (bicyclic) bond motifs is 1. The van der Waals surface area contributed by atoms with Crippen molar-refractivity contribution in [3.8, 4) is 0 Å². The van der Waals surface area contributed by atoms with Crippen molar-refractivity contribution in [3.63, 3.8) is 0 Å². The molecule has 1 saturated carbocycles. The van der Waals surface area contributed by atoms with Crippen LogP contribution in [0, 0.1) is 11.3 Å². The number of rotatable bonds is 0. The van der Waals surface area contributed by atoms with Gasteiger partial charge in [-0.1, -0.05) is 6.42 Å². The van der Waals surface area contributed by atoms with Crippen LogP contribution >= 0.6 is 0 Å². The topological polar surface area (TPSA) is 3.24 Å². The maximum atomic E-state index is 13.4. The predicted molar refractivity (Wildman–Crippen MR) is 57.5 cm³/mol. The van der Waals surface area contributed by atoms with Crippen LogP contribution in [0.1, 0.15) is 32.1 Å². The van der Waals surface area contributed by atoms with Crippen LogP contribution < -0.4 is 0 Å². The van der Waals surface area contributed by atoms with E-state index in [0.717, 1.165) is 0 Å². The highest BCUT2D eigenvalue weighted by Gasteiger charge is 2.67. The molecule has 2 aliphatic rings. The van der Waals surface area contributed by atoms with Gasteiger partial charge in [-0.25, -0.2) is 0 Å². The van der Waals surface area contributed by atoms with Crippen LogP contribution in [-0.2, 0) is 0 Å². The quantitative estimate of drug-likeness (QED) is 0.609. The monoisotopic (exact) mass is 289 g/mol. The number of halogens is 6. The fraction of sp³-hybridized carbons (Fsp3) is 1.00. The third kappa shape index (κ3) is 2.34. The van der Waals surface area contributed by atoms with Gasteiger partial charge < -0.3 is 4.90 Å². The minimum absolute atomic E-state index is 0.00593. The molecule has 0 aromatic rings. The van der Waals surface area contributed by atoms with Crippen molar-refractivity contribution in [1.29, 1.82) is 0 Å².